The number of nitrogens with one attached hydrogen (secondary N) is 1. The Morgan fingerprint density at radius 1 is 1.08 bits per heavy atom. The maximum atomic E-state index is 14.9. The molecule has 0 fully saturated rings. The average Bonchev–Trinajstić information content (AvgIpc) is 2.63. The number of hydrogen-bond acceptors (Lipinski definition) is 5. The van der Waals surface area contributed by atoms with Gasteiger partial charge in [0, 0.05) is 0 Å². The lowest BCUT2D eigenvalue weighted by molar-refractivity contribution is 0.259. The molecule has 26 heavy (non-hydrogen) atoms. The minimum atomic E-state index is -1.08. The third kappa shape index (κ3) is 3.68. The summed E-state index contributed by atoms with van der Waals surface area (Å²) in [6.45, 7) is 3.79. The van der Waals surface area contributed by atoms with E-state index in [1.165, 1.54) is 19.2 Å². The van der Waals surface area contributed by atoms with E-state index in [9.17, 15) is 8.78 Å². The number of hydrogen-bond donors (Lipinski definition) is 1. The zero-order chi connectivity index (χ0) is 19.3. The van der Waals surface area contributed by atoms with Gasteiger partial charge in [-0.25, -0.2) is 8.78 Å². The molecule has 2 aromatic rings. The standard InChI is InChI=1S/C19H17F2N3O2/c1-11(2)10-26-19-17(21)13(9-23)12(8-22)16(20)18(19)24-14-6-4-5-7-15(14)25-3/h4-7,11,24H,10H2,1-3H3. The number of anilines is 2. The number of rotatable bonds is 6. The van der Waals surface area contributed by atoms with Crippen molar-refractivity contribution in [2.24, 2.45) is 5.92 Å². The van der Waals surface area contributed by atoms with Gasteiger partial charge in [0.2, 0.25) is 0 Å². The molecule has 134 valence electrons. The van der Waals surface area contributed by atoms with Crippen molar-refractivity contribution in [2.45, 2.75) is 13.8 Å². The van der Waals surface area contributed by atoms with Crippen LogP contribution in [0.15, 0.2) is 24.3 Å². The van der Waals surface area contributed by atoms with E-state index in [1.54, 1.807) is 24.3 Å². The molecule has 0 radical (unpaired) electrons. The first-order valence-corrected chi connectivity index (χ1v) is 7.82. The molecule has 1 N–H and O–H groups in total. The average molecular weight is 357 g/mol. The van der Waals surface area contributed by atoms with Crippen molar-refractivity contribution in [1.82, 2.24) is 0 Å². The van der Waals surface area contributed by atoms with Gasteiger partial charge in [0.1, 0.15) is 34.7 Å². The van der Waals surface area contributed by atoms with Gasteiger partial charge in [-0.2, -0.15) is 10.5 Å². The van der Waals surface area contributed by atoms with Gasteiger partial charge in [0.05, 0.1) is 19.4 Å². The minimum Gasteiger partial charge on any atom is -0.495 e. The highest BCUT2D eigenvalue weighted by Crippen LogP contribution is 2.39. The topological polar surface area (TPSA) is 78.1 Å². The molecule has 2 aromatic carbocycles. The first-order valence-electron chi connectivity index (χ1n) is 7.82. The SMILES string of the molecule is COc1ccccc1Nc1c(F)c(C#N)c(C#N)c(F)c1OCC(C)C. The molecule has 5 nitrogen and oxygen atoms in total. The Morgan fingerprint density at radius 2 is 1.69 bits per heavy atom. The predicted molar refractivity (Wildman–Crippen MR) is 92.4 cm³/mol. The van der Waals surface area contributed by atoms with Crippen LogP contribution in [0.4, 0.5) is 20.2 Å². The number of nitrogens with zero attached hydrogens (tertiary/aromatic N) is 2. The van der Waals surface area contributed by atoms with Gasteiger partial charge in [-0.3, -0.25) is 0 Å². The van der Waals surface area contributed by atoms with E-state index in [0.29, 0.717) is 11.4 Å². The zero-order valence-electron chi connectivity index (χ0n) is 14.6. The molecule has 2 rings (SSSR count). The number of nitriles is 2. The molecule has 0 heterocycles. The van der Waals surface area contributed by atoms with E-state index in [-0.39, 0.29) is 18.2 Å². The summed E-state index contributed by atoms with van der Waals surface area (Å²) < 4.78 is 40.3. The van der Waals surface area contributed by atoms with Crippen LogP contribution in [0.1, 0.15) is 25.0 Å². The lowest BCUT2D eigenvalue weighted by Crippen LogP contribution is -2.11. The van der Waals surface area contributed by atoms with E-state index < -0.39 is 28.5 Å². The summed E-state index contributed by atoms with van der Waals surface area (Å²) >= 11 is 0. The molecule has 0 unspecified atom stereocenters. The van der Waals surface area contributed by atoms with Crippen LogP contribution < -0.4 is 14.8 Å². The van der Waals surface area contributed by atoms with Crippen molar-refractivity contribution in [3.8, 4) is 23.6 Å². The van der Waals surface area contributed by atoms with Crippen molar-refractivity contribution < 1.29 is 18.3 Å². The minimum absolute atomic E-state index is 0.0396. The molecule has 0 saturated carbocycles. The largest absolute Gasteiger partial charge is 0.495 e. The molecular weight excluding hydrogens is 340 g/mol. The fourth-order valence-electron chi connectivity index (χ4n) is 2.26. The van der Waals surface area contributed by atoms with Gasteiger partial charge < -0.3 is 14.8 Å². The van der Waals surface area contributed by atoms with E-state index in [4.69, 9.17) is 20.0 Å². The number of ether oxygens (including phenoxy) is 2. The summed E-state index contributed by atoms with van der Waals surface area (Å²) in [6, 6.07) is 9.71. The van der Waals surface area contributed by atoms with Gasteiger partial charge in [-0.15, -0.1) is 0 Å². The Hall–Kier alpha value is -3.32. The Labute approximate surface area is 150 Å². The Balaban J connectivity index is 2.67. The van der Waals surface area contributed by atoms with Crippen LogP contribution in [0, 0.1) is 40.2 Å². The smallest absolute Gasteiger partial charge is 0.186 e. The van der Waals surface area contributed by atoms with Crippen molar-refractivity contribution >= 4 is 11.4 Å². The van der Waals surface area contributed by atoms with Gasteiger partial charge in [-0.05, 0) is 18.1 Å². The number of benzene rings is 2. The van der Waals surface area contributed by atoms with E-state index in [0.717, 1.165) is 0 Å². The molecule has 0 saturated heterocycles. The Kier molecular flexibility index (Phi) is 5.98. The zero-order valence-corrected chi connectivity index (χ0v) is 14.6. The Morgan fingerprint density at radius 3 is 2.27 bits per heavy atom. The molecule has 0 aliphatic heterocycles. The molecule has 0 amide bonds. The van der Waals surface area contributed by atoms with E-state index in [2.05, 4.69) is 5.32 Å². The second-order valence-electron chi connectivity index (χ2n) is 5.84. The van der Waals surface area contributed by atoms with Crippen LogP contribution in [0.2, 0.25) is 0 Å². The first-order chi connectivity index (χ1) is 12.4. The second-order valence-corrected chi connectivity index (χ2v) is 5.84. The summed E-state index contributed by atoms with van der Waals surface area (Å²) in [5, 5.41) is 21.0. The van der Waals surface area contributed by atoms with Crippen LogP contribution in [-0.2, 0) is 0 Å². The van der Waals surface area contributed by atoms with E-state index >= 15 is 0 Å². The normalized spacial score (nSPS) is 10.2. The van der Waals surface area contributed by atoms with Crippen molar-refractivity contribution in [2.75, 3.05) is 19.0 Å². The van der Waals surface area contributed by atoms with Gasteiger partial charge >= 0.3 is 0 Å². The number of para-hydroxylation sites is 2. The van der Waals surface area contributed by atoms with Crippen LogP contribution >= 0.6 is 0 Å². The lowest BCUT2D eigenvalue weighted by Gasteiger charge is -2.18. The quantitative estimate of drug-likeness (QED) is 0.824. The monoisotopic (exact) mass is 357 g/mol. The van der Waals surface area contributed by atoms with Gasteiger partial charge in [0.15, 0.2) is 17.4 Å². The summed E-state index contributed by atoms with van der Waals surface area (Å²) in [7, 11) is 1.44. The molecule has 0 bridgehead atoms. The first kappa shape index (κ1) is 19.0. The molecule has 0 aliphatic rings. The highest BCUT2D eigenvalue weighted by molar-refractivity contribution is 5.75. The number of methoxy groups -OCH3 is 1. The number of halogens is 2. The van der Waals surface area contributed by atoms with Crippen molar-refractivity contribution in [3.05, 3.63) is 47.0 Å². The molecule has 7 heteroatoms. The van der Waals surface area contributed by atoms with Gasteiger partial charge in [-0.1, -0.05) is 26.0 Å². The van der Waals surface area contributed by atoms with Crippen LogP contribution in [0.3, 0.4) is 0 Å². The van der Waals surface area contributed by atoms with Crippen molar-refractivity contribution in [3.63, 3.8) is 0 Å². The summed E-state index contributed by atoms with van der Waals surface area (Å²) in [5.41, 5.74) is -1.37. The third-order valence-corrected chi connectivity index (χ3v) is 3.49. The molecule has 0 spiro atoms. The van der Waals surface area contributed by atoms with Crippen LogP contribution in [0.25, 0.3) is 0 Å². The van der Waals surface area contributed by atoms with Crippen LogP contribution in [-0.4, -0.2) is 13.7 Å². The lowest BCUT2D eigenvalue weighted by atomic mass is 10.0. The summed E-state index contributed by atoms with van der Waals surface area (Å²) in [6.07, 6.45) is 0. The van der Waals surface area contributed by atoms with Crippen molar-refractivity contribution in [1.29, 1.82) is 10.5 Å². The Bertz CT molecular complexity index is 899. The van der Waals surface area contributed by atoms with Crippen LogP contribution in [0.5, 0.6) is 11.5 Å². The third-order valence-electron chi connectivity index (χ3n) is 3.49. The van der Waals surface area contributed by atoms with Gasteiger partial charge in [0.25, 0.3) is 0 Å². The van der Waals surface area contributed by atoms with E-state index in [1.807, 2.05) is 13.8 Å². The second kappa shape index (κ2) is 8.17. The summed E-state index contributed by atoms with van der Waals surface area (Å²) in [4.78, 5) is 0. The summed E-state index contributed by atoms with van der Waals surface area (Å²) in [5.74, 6) is -2.15. The molecule has 0 aromatic heterocycles. The molecule has 0 aliphatic carbocycles. The predicted octanol–water partition coefficient (Wildman–Crippen LogP) is 4.50. The highest BCUT2D eigenvalue weighted by atomic mass is 19.1. The molecular formula is C19H17F2N3O2. The fourth-order valence-corrected chi connectivity index (χ4v) is 2.26. The fraction of sp³-hybridized carbons (Fsp3) is 0.263. The molecule has 0 atom stereocenters. The highest BCUT2D eigenvalue weighted by Gasteiger charge is 2.27. The maximum Gasteiger partial charge on any atom is 0.186 e. The maximum absolute atomic E-state index is 14.9.